The summed E-state index contributed by atoms with van der Waals surface area (Å²) in [6, 6.07) is 9.37. The Bertz CT molecular complexity index is 549. The van der Waals surface area contributed by atoms with E-state index in [2.05, 4.69) is 15.3 Å². The Morgan fingerprint density at radius 2 is 2.00 bits per heavy atom. The van der Waals surface area contributed by atoms with E-state index in [9.17, 15) is 0 Å². The maximum atomic E-state index is 6.08. The minimum Gasteiger partial charge on any atom is -0.366 e. The van der Waals surface area contributed by atoms with E-state index in [1.807, 2.05) is 30.5 Å². The van der Waals surface area contributed by atoms with Crippen LogP contribution in [0, 0.1) is 0 Å². The van der Waals surface area contributed by atoms with Gasteiger partial charge >= 0.3 is 0 Å². The summed E-state index contributed by atoms with van der Waals surface area (Å²) in [6.45, 7) is 0.598. The number of nitrogens with one attached hydrogen (secondary N) is 1. The molecule has 3 nitrogen and oxygen atoms in total. The number of rotatable bonds is 4. The molecular formula is C12H11Cl2N3S. The smallest absolute Gasteiger partial charge is 0.190 e. The maximum absolute atomic E-state index is 6.08. The molecule has 2 aromatic rings. The predicted molar refractivity (Wildman–Crippen MR) is 77.6 cm³/mol. The molecule has 1 heterocycles. The second-order valence-corrected chi connectivity index (χ2v) is 5.08. The summed E-state index contributed by atoms with van der Waals surface area (Å²) in [4.78, 5) is 8.39. The van der Waals surface area contributed by atoms with Gasteiger partial charge in [0.2, 0.25) is 0 Å². The van der Waals surface area contributed by atoms with Crippen molar-refractivity contribution < 1.29 is 0 Å². The van der Waals surface area contributed by atoms with Crippen LogP contribution in [-0.2, 0) is 6.54 Å². The van der Waals surface area contributed by atoms with E-state index in [1.165, 1.54) is 11.8 Å². The van der Waals surface area contributed by atoms with Crippen molar-refractivity contribution in [2.45, 2.75) is 11.7 Å². The minimum absolute atomic E-state index is 0.427. The van der Waals surface area contributed by atoms with Crippen LogP contribution < -0.4 is 5.32 Å². The number of benzene rings is 1. The first kappa shape index (κ1) is 13.5. The van der Waals surface area contributed by atoms with Gasteiger partial charge in [0.1, 0.15) is 11.0 Å². The second-order valence-electron chi connectivity index (χ2n) is 3.51. The fourth-order valence-electron chi connectivity index (χ4n) is 1.41. The molecule has 0 aliphatic heterocycles. The molecule has 0 atom stereocenters. The van der Waals surface area contributed by atoms with E-state index in [0.29, 0.717) is 22.7 Å². The number of thioether (sulfide) groups is 1. The summed E-state index contributed by atoms with van der Waals surface area (Å²) >= 11 is 13.4. The highest BCUT2D eigenvalue weighted by molar-refractivity contribution is 7.98. The molecule has 0 radical (unpaired) electrons. The normalized spacial score (nSPS) is 10.4. The van der Waals surface area contributed by atoms with E-state index >= 15 is 0 Å². The summed E-state index contributed by atoms with van der Waals surface area (Å²) in [7, 11) is 0. The fourth-order valence-corrected chi connectivity index (χ4v) is 2.22. The largest absolute Gasteiger partial charge is 0.366 e. The van der Waals surface area contributed by atoms with Gasteiger partial charge in [0, 0.05) is 17.6 Å². The molecule has 0 amide bonds. The lowest BCUT2D eigenvalue weighted by Crippen LogP contribution is -2.03. The molecule has 0 unspecified atom stereocenters. The molecule has 0 spiro atoms. The molecule has 1 N–H and O–H groups in total. The lowest BCUT2D eigenvalue weighted by Gasteiger charge is -2.08. The Morgan fingerprint density at radius 3 is 2.72 bits per heavy atom. The highest BCUT2D eigenvalue weighted by Crippen LogP contribution is 2.19. The van der Waals surface area contributed by atoms with Crippen molar-refractivity contribution in [3.8, 4) is 0 Å². The molecule has 0 saturated carbocycles. The Hall–Kier alpha value is -0.970. The number of anilines is 1. The third kappa shape index (κ3) is 3.51. The molecule has 0 bridgehead atoms. The zero-order chi connectivity index (χ0) is 13.0. The summed E-state index contributed by atoms with van der Waals surface area (Å²) < 4.78 is 0. The van der Waals surface area contributed by atoms with Gasteiger partial charge in [-0.1, -0.05) is 53.2 Å². The SMILES string of the molecule is CSc1nc(Cl)cc(NCc2ccccc2Cl)n1. The molecule has 94 valence electrons. The lowest BCUT2D eigenvalue weighted by atomic mass is 10.2. The van der Waals surface area contributed by atoms with Crippen LogP contribution in [0.3, 0.4) is 0 Å². The minimum atomic E-state index is 0.427. The summed E-state index contributed by atoms with van der Waals surface area (Å²) in [5.41, 5.74) is 1.01. The van der Waals surface area contributed by atoms with Gasteiger partial charge in [0.05, 0.1) is 0 Å². The Labute approximate surface area is 120 Å². The van der Waals surface area contributed by atoms with Crippen LogP contribution in [0.2, 0.25) is 10.2 Å². The highest BCUT2D eigenvalue weighted by atomic mass is 35.5. The van der Waals surface area contributed by atoms with Crippen LogP contribution in [0.25, 0.3) is 0 Å². The van der Waals surface area contributed by atoms with E-state index < -0.39 is 0 Å². The first-order chi connectivity index (χ1) is 8.69. The van der Waals surface area contributed by atoms with Gasteiger partial charge in [-0.2, -0.15) is 0 Å². The van der Waals surface area contributed by atoms with Crippen LogP contribution in [0.1, 0.15) is 5.56 Å². The van der Waals surface area contributed by atoms with Gasteiger partial charge in [-0.3, -0.25) is 0 Å². The summed E-state index contributed by atoms with van der Waals surface area (Å²) in [6.07, 6.45) is 1.91. The first-order valence-corrected chi connectivity index (χ1v) is 7.23. The van der Waals surface area contributed by atoms with Crippen molar-refractivity contribution in [3.63, 3.8) is 0 Å². The molecule has 0 saturated heterocycles. The van der Waals surface area contributed by atoms with E-state index in [1.54, 1.807) is 6.07 Å². The molecule has 0 aliphatic rings. The third-order valence-corrected chi connectivity index (χ3v) is 3.38. The fraction of sp³-hybridized carbons (Fsp3) is 0.167. The summed E-state index contributed by atoms with van der Waals surface area (Å²) in [5, 5.41) is 4.99. The van der Waals surface area contributed by atoms with Gasteiger partial charge in [-0.25, -0.2) is 9.97 Å². The Balaban J connectivity index is 2.11. The molecule has 0 fully saturated rings. The van der Waals surface area contributed by atoms with E-state index in [4.69, 9.17) is 23.2 Å². The average molecular weight is 300 g/mol. The van der Waals surface area contributed by atoms with Gasteiger partial charge in [0.15, 0.2) is 5.16 Å². The monoisotopic (exact) mass is 299 g/mol. The second kappa shape index (κ2) is 6.27. The van der Waals surface area contributed by atoms with Crippen molar-refractivity contribution >= 4 is 40.8 Å². The lowest BCUT2D eigenvalue weighted by molar-refractivity contribution is 0.956. The maximum Gasteiger partial charge on any atom is 0.190 e. The quantitative estimate of drug-likeness (QED) is 0.524. The van der Waals surface area contributed by atoms with Crippen LogP contribution in [0.5, 0.6) is 0 Å². The van der Waals surface area contributed by atoms with Crippen LogP contribution in [0.15, 0.2) is 35.5 Å². The van der Waals surface area contributed by atoms with Crippen molar-refractivity contribution in [1.82, 2.24) is 9.97 Å². The van der Waals surface area contributed by atoms with E-state index in [0.717, 1.165) is 10.6 Å². The molecule has 2 rings (SSSR count). The van der Waals surface area contributed by atoms with Crippen LogP contribution >= 0.6 is 35.0 Å². The standard InChI is InChI=1S/C12H11Cl2N3S/c1-18-12-16-10(14)6-11(17-12)15-7-8-4-2-3-5-9(8)13/h2-6H,7H2,1H3,(H,15,16,17). The number of halogens is 2. The zero-order valence-electron chi connectivity index (χ0n) is 9.65. The number of nitrogens with zero attached hydrogens (tertiary/aromatic N) is 2. The van der Waals surface area contributed by atoms with Crippen LogP contribution in [0.4, 0.5) is 5.82 Å². The van der Waals surface area contributed by atoms with Crippen molar-refractivity contribution in [1.29, 1.82) is 0 Å². The van der Waals surface area contributed by atoms with Crippen molar-refractivity contribution in [2.24, 2.45) is 0 Å². The zero-order valence-corrected chi connectivity index (χ0v) is 12.0. The van der Waals surface area contributed by atoms with Crippen molar-refractivity contribution in [3.05, 3.63) is 46.1 Å². The van der Waals surface area contributed by atoms with Gasteiger partial charge < -0.3 is 5.32 Å². The first-order valence-electron chi connectivity index (χ1n) is 5.25. The van der Waals surface area contributed by atoms with Gasteiger partial charge in [-0.05, 0) is 17.9 Å². The molecule has 1 aromatic carbocycles. The number of aromatic nitrogens is 2. The molecular weight excluding hydrogens is 289 g/mol. The molecule has 1 aromatic heterocycles. The molecule has 0 aliphatic carbocycles. The van der Waals surface area contributed by atoms with Crippen LogP contribution in [-0.4, -0.2) is 16.2 Å². The Morgan fingerprint density at radius 1 is 1.22 bits per heavy atom. The van der Waals surface area contributed by atoms with Crippen molar-refractivity contribution in [2.75, 3.05) is 11.6 Å². The number of hydrogen-bond acceptors (Lipinski definition) is 4. The summed E-state index contributed by atoms with van der Waals surface area (Å²) in [5.74, 6) is 0.694. The van der Waals surface area contributed by atoms with Gasteiger partial charge in [0.25, 0.3) is 0 Å². The van der Waals surface area contributed by atoms with E-state index in [-0.39, 0.29) is 0 Å². The van der Waals surface area contributed by atoms with Gasteiger partial charge in [-0.15, -0.1) is 0 Å². The number of hydrogen-bond donors (Lipinski definition) is 1. The molecule has 18 heavy (non-hydrogen) atoms. The Kier molecular flexibility index (Phi) is 4.69. The third-order valence-electron chi connectivity index (χ3n) is 2.27. The average Bonchev–Trinajstić information content (AvgIpc) is 2.37. The predicted octanol–water partition coefficient (Wildman–Crippen LogP) is 4.12. The topological polar surface area (TPSA) is 37.8 Å². The molecule has 6 heteroatoms. The highest BCUT2D eigenvalue weighted by Gasteiger charge is 2.03.